The zero-order valence-corrected chi connectivity index (χ0v) is 18.4. The summed E-state index contributed by atoms with van der Waals surface area (Å²) in [5.74, 6) is -0.418. The van der Waals surface area contributed by atoms with Crippen molar-refractivity contribution in [3.8, 4) is 11.1 Å². The standard InChI is InChI=1S/C28H26F2N2O/c29-21-8-10-25(23(15-21)19-5-2-1-3-6-19)28-12-14-32(18-27(28)33-28)13-4-7-20-17-31-26-11-9-22(30)16-24(20)26/h1-3,5-6,8-11,15-17,27,31H,4,7,12-14,18H2. The quantitative estimate of drug-likeness (QED) is 0.367. The summed E-state index contributed by atoms with van der Waals surface area (Å²) in [6.07, 6.45) is 4.96. The van der Waals surface area contributed by atoms with Crippen molar-refractivity contribution in [2.24, 2.45) is 0 Å². The number of nitrogens with one attached hydrogen (secondary N) is 1. The van der Waals surface area contributed by atoms with Crippen LogP contribution in [0, 0.1) is 11.6 Å². The molecule has 3 nitrogen and oxygen atoms in total. The van der Waals surface area contributed by atoms with Crippen molar-refractivity contribution in [3.63, 3.8) is 0 Å². The largest absolute Gasteiger partial charge is 0.361 e. The van der Waals surface area contributed by atoms with Gasteiger partial charge in [-0.3, -0.25) is 0 Å². The van der Waals surface area contributed by atoms with Crippen molar-refractivity contribution in [2.45, 2.75) is 31.0 Å². The molecule has 5 heteroatoms. The molecule has 0 bridgehead atoms. The Labute approximate surface area is 192 Å². The molecule has 0 aliphatic carbocycles. The smallest absolute Gasteiger partial charge is 0.123 e. The summed E-state index contributed by atoms with van der Waals surface area (Å²) >= 11 is 0. The number of rotatable bonds is 6. The molecule has 4 aromatic rings. The number of piperidine rings is 1. The van der Waals surface area contributed by atoms with Crippen LogP contribution in [0.4, 0.5) is 8.78 Å². The van der Waals surface area contributed by atoms with Gasteiger partial charge in [0.25, 0.3) is 0 Å². The van der Waals surface area contributed by atoms with Crippen LogP contribution in [0.3, 0.4) is 0 Å². The minimum Gasteiger partial charge on any atom is -0.361 e. The highest BCUT2D eigenvalue weighted by atomic mass is 19.1. The van der Waals surface area contributed by atoms with E-state index in [2.05, 4.69) is 9.88 Å². The maximum Gasteiger partial charge on any atom is 0.123 e. The number of fused-ring (bicyclic) bond motifs is 2. The number of halogens is 2. The van der Waals surface area contributed by atoms with Gasteiger partial charge in [-0.1, -0.05) is 36.4 Å². The summed E-state index contributed by atoms with van der Waals surface area (Å²) < 4.78 is 34.0. The third kappa shape index (κ3) is 3.75. The number of epoxide rings is 1. The molecular weight excluding hydrogens is 418 g/mol. The van der Waals surface area contributed by atoms with Crippen LogP contribution in [0.1, 0.15) is 24.0 Å². The lowest BCUT2D eigenvalue weighted by atomic mass is 9.84. The molecular formula is C28H26F2N2O. The third-order valence-electron chi connectivity index (χ3n) is 7.21. The number of nitrogens with zero attached hydrogens (tertiary/aromatic N) is 1. The van der Waals surface area contributed by atoms with E-state index in [0.29, 0.717) is 0 Å². The number of hydrogen-bond acceptors (Lipinski definition) is 2. The monoisotopic (exact) mass is 444 g/mol. The number of ether oxygens (including phenoxy) is 1. The molecule has 2 fully saturated rings. The van der Waals surface area contributed by atoms with Crippen molar-refractivity contribution in [1.29, 1.82) is 0 Å². The Morgan fingerprint density at radius 2 is 1.82 bits per heavy atom. The average Bonchev–Trinajstić information content (AvgIpc) is 3.44. The number of benzene rings is 3. The number of aromatic amines is 1. The van der Waals surface area contributed by atoms with E-state index >= 15 is 0 Å². The molecule has 0 spiro atoms. The van der Waals surface area contributed by atoms with Crippen LogP contribution in [0.5, 0.6) is 0 Å². The van der Waals surface area contributed by atoms with E-state index in [0.717, 1.165) is 72.1 Å². The van der Waals surface area contributed by atoms with Gasteiger partial charge < -0.3 is 14.6 Å². The Kier molecular flexibility index (Phi) is 5.04. The Bertz CT molecular complexity index is 1300. The molecule has 0 radical (unpaired) electrons. The first-order valence-electron chi connectivity index (χ1n) is 11.6. The fourth-order valence-electron chi connectivity index (χ4n) is 5.44. The van der Waals surface area contributed by atoms with Crippen LogP contribution in [-0.2, 0) is 16.8 Å². The van der Waals surface area contributed by atoms with Crippen molar-refractivity contribution in [2.75, 3.05) is 19.6 Å². The van der Waals surface area contributed by atoms with Crippen LogP contribution >= 0.6 is 0 Å². The molecule has 0 amide bonds. The number of likely N-dealkylation sites (tertiary alicyclic amines) is 1. The van der Waals surface area contributed by atoms with E-state index in [1.165, 1.54) is 6.07 Å². The van der Waals surface area contributed by atoms with Crippen LogP contribution in [-0.4, -0.2) is 35.6 Å². The van der Waals surface area contributed by atoms with Gasteiger partial charge >= 0.3 is 0 Å². The second kappa shape index (κ2) is 8.08. The van der Waals surface area contributed by atoms with Gasteiger partial charge in [0.15, 0.2) is 0 Å². The van der Waals surface area contributed by atoms with Gasteiger partial charge in [0.2, 0.25) is 0 Å². The topological polar surface area (TPSA) is 31.6 Å². The number of hydrogen-bond donors (Lipinski definition) is 1. The van der Waals surface area contributed by atoms with Gasteiger partial charge in [-0.05, 0) is 78.4 Å². The lowest BCUT2D eigenvalue weighted by Crippen LogP contribution is -2.39. The van der Waals surface area contributed by atoms with E-state index in [-0.39, 0.29) is 23.3 Å². The fraction of sp³-hybridized carbons (Fsp3) is 0.286. The van der Waals surface area contributed by atoms with E-state index in [9.17, 15) is 8.78 Å². The Morgan fingerprint density at radius 3 is 2.67 bits per heavy atom. The number of aromatic nitrogens is 1. The SMILES string of the molecule is Fc1ccc(C23CCN(CCCc4c[nH]c5ccc(F)cc45)CC2O3)c(-c2ccccc2)c1. The molecule has 1 N–H and O–H groups in total. The second-order valence-corrected chi connectivity index (χ2v) is 9.21. The van der Waals surface area contributed by atoms with Crippen LogP contribution in [0.25, 0.3) is 22.0 Å². The van der Waals surface area contributed by atoms with Crippen molar-refractivity contribution < 1.29 is 13.5 Å². The van der Waals surface area contributed by atoms with Crippen LogP contribution in [0.15, 0.2) is 72.9 Å². The van der Waals surface area contributed by atoms with E-state index < -0.39 is 0 Å². The first-order valence-corrected chi connectivity index (χ1v) is 11.6. The van der Waals surface area contributed by atoms with Crippen LogP contribution in [0.2, 0.25) is 0 Å². The van der Waals surface area contributed by atoms with Crippen LogP contribution < -0.4 is 0 Å². The Hall–Kier alpha value is -3.02. The molecule has 3 heterocycles. The predicted octanol–water partition coefficient (Wildman–Crippen LogP) is 6.05. The maximum atomic E-state index is 14.1. The molecule has 2 aliphatic rings. The molecule has 6 rings (SSSR count). The molecule has 168 valence electrons. The van der Waals surface area contributed by atoms with Gasteiger partial charge in [-0.15, -0.1) is 0 Å². The van der Waals surface area contributed by atoms with Crippen molar-refractivity contribution >= 4 is 10.9 Å². The second-order valence-electron chi connectivity index (χ2n) is 9.21. The van der Waals surface area contributed by atoms with E-state index in [4.69, 9.17) is 4.74 Å². The van der Waals surface area contributed by atoms with Gasteiger partial charge in [0.1, 0.15) is 23.3 Å². The predicted molar refractivity (Wildman–Crippen MR) is 126 cm³/mol. The highest BCUT2D eigenvalue weighted by Crippen LogP contribution is 2.54. The van der Waals surface area contributed by atoms with E-state index in [1.807, 2.05) is 42.6 Å². The van der Waals surface area contributed by atoms with Gasteiger partial charge in [0, 0.05) is 30.2 Å². The summed E-state index contributed by atoms with van der Waals surface area (Å²) in [6, 6.07) is 20.0. The molecule has 2 atom stereocenters. The number of H-pyrrole nitrogens is 1. The normalized spacial score (nSPS) is 22.4. The summed E-state index contributed by atoms with van der Waals surface area (Å²) in [6.45, 7) is 2.81. The molecule has 2 saturated heterocycles. The Morgan fingerprint density at radius 1 is 1.00 bits per heavy atom. The lowest BCUT2D eigenvalue weighted by molar-refractivity contribution is 0.223. The summed E-state index contributed by atoms with van der Waals surface area (Å²) in [5, 5.41) is 0.975. The summed E-state index contributed by atoms with van der Waals surface area (Å²) in [4.78, 5) is 5.69. The summed E-state index contributed by atoms with van der Waals surface area (Å²) in [7, 11) is 0. The lowest BCUT2D eigenvalue weighted by Gasteiger charge is -2.29. The molecule has 0 saturated carbocycles. The minimum atomic E-state index is -0.302. The van der Waals surface area contributed by atoms with Gasteiger partial charge in [-0.25, -0.2) is 8.78 Å². The Balaban J connectivity index is 1.12. The molecule has 3 aromatic carbocycles. The summed E-state index contributed by atoms with van der Waals surface area (Å²) in [5.41, 5.74) is 4.89. The van der Waals surface area contributed by atoms with Crippen molar-refractivity contribution in [1.82, 2.24) is 9.88 Å². The molecule has 1 aromatic heterocycles. The zero-order valence-electron chi connectivity index (χ0n) is 18.4. The van der Waals surface area contributed by atoms with E-state index in [1.54, 1.807) is 24.3 Å². The number of aryl methyl sites for hydroxylation is 1. The first kappa shape index (κ1) is 20.6. The first-order chi connectivity index (χ1) is 16.1. The van der Waals surface area contributed by atoms with Crippen molar-refractivity contribution in [3.05, 3.63) is 95.7 Å². The maximum absolute atomic E-state index is 14.1. The van der Waals surface area contributed by atoms with Gasteiger partial charge in [-0.2, -0.15) is 0 Å². The molecule has 33 heavy (non-hydrogen) atoms. The highest BCUT2D eigenvalue weighted by Gasteiger charge is 2.60. The minimum absolute atomic E-state index is 0.140. The zero-order chi connectivity index (χ0) is 22.4. The van der Waals surface area contributed by atoms with Gasteiger partial charge in [0.05, 0.1) is 0 Å². The molecule has 2 unspecified atom stereocenters. The average molecular weight is 445 g/mol. The fourth-order valence-corrected chi connectivity index (χ4v) is 5.44. The molecule has 2 aliphatic heterocycles. The third-order valence-corrected chi connectivity index (χ3v) is 7.21. The highest BCUT2D eigenvalue weighted by molar-refractivity contribution is 5.83.